The van der Waals surface area contributed by atoms with Crippen LogP contribution in [0.2, 0.25) is 0 Å². The van der Waals surface area contributed by atoms with Crippen LogP contribution in [0.25, 0.3) is 0 Å². The maximum Gasteiger partial charge on any atom is 0.186 e. The Kier molecular flexibility index (Phi) is 4.51. The van der Waals surface area contributed by atoms with Crippen molar-refractivity contribution in [3.05, 3.63) is 57.3 Å². The van der Waals surface area contributed by atoms with Gasteiger partial charge in [0.2, 0.25) is 0 Å². The van der Waals surface area contributed by atoms with Crippen molar-refractivity contribution in [3.63, 3.8) is 0 Å². The van der Waals surface area contributed by atoms with E-state index in [1.807, 2.05) is 6.07 Å². The van der Waals surface area contributed by atoms with Gasteiger partial charge in [0.25, 0.3) is 0 Å². The van der Waals surface area contributed by atoms with Crippen molar-refractivity contribution < 1.29 is 4.79 Å². The summed E-state index contributed by atoms with van der Waals surface area (Å²) in [7, 11) is 0. The van der Waals surface area contributed by atoms with Crippen LogP contribution in [0, 0.1) is 0 Å². The number of nitrogens with zero attached hydrogens (tertiary/aromatic N) is 1. The van der Waals surface area contributed by atoms with Crippen LogP contribution in [0.15, 0.2) is 36.4 Å². The molecule has 0 spiro atoms. The molecule has 0 fully saturated rings. The number of aryl methyl sites for hydroxylation is 2. The molecule has 2 aromatic rings. The molecule has 1 aliphatic heterocycles. The van der Waals surface area contributed by atoms with Gasteiger partial charge in [0.1, 0.15) is 0 Å². The summed E-state index contributed by atoms with van der Waals surface area (Å²) in [6, 6.07) is 12.7. The molecule has 2 heterocycles. The second-order valence-electron chi connectivity index (χ2n) is 5.63. The largest absolute Gasteiger partial charge is 0.292 e. The number of ketones is 1. The lowest BCUT2D eigenvalue weighted by molar-refractivity contribution is 0.0931. The third kappa shape index (κ3) is 3.42. The van der Waals surface area contributed by atoms with Gasteiger partial charge in [-0.15, -0.1) is 11.3 Å². The Balaban J connectivity index is 1.69. The quantitative estimate of drug-likeness (QED) is 0.797. The van der Waals surface area contributed by atoms with Gasteiger partial charge in [-0.2, -0.15) is 0 Å². The predicted molar refractivity (Wildman–Crippen MR) is 88.1 cm³/mol. The molecule has 0 radical (unpaired) electrons. The van der Waals surface area contributed by atoms with Gasteiger partial charge in [0.05, 0.1) is 11.4 Å². The van der Waals surface area contributed by atoms with Gasteiger partial charge < -0.3 is 0 Å². The zero-order valence-electron chi connectivity index (χ0n) is 12.5. The normalized spacial score (nSPS) is 15.5. The van der Waals surface area contributed by atoms with Crippen LogP contribution >= 0.6 is 11.3 Å². The first-order valence-electron chi connectivity index (χ1n) is 7.67. The monoisotopic (exact) mass is 299 g/mol. The van der Waals surface area contributed by atoms with Crippen LogP contribution in [-0.4, -0.2) is 23.8 Å². The number of Topliss-reactive ketones (excluding diaryl/α,β-unsaturated/α-hetero) is 1. The Morgan fingerprint density at radius 1 is 1.19 bits per heavy atom. The van der Waals surface area contributed by atoms with Gasteiger partial charge in [-0.3, -0.25) is 9.69 Å². The first-order valence-corrected chi connectivity index (χ1v) is 8.49. The fraction of sp³-hybridized carbons (Fsp3) is 0.389. The number of fused-ring (bicyclic) bond motifs is 1. The summed E-state index contributed by atoms with van der Waals surface area (Å²) in [5, 5.41) is 0. The molecule has 0 aliphatic carbocycles. The molecule has 3 heteroatoms. The van der Waals surface area contributed by atoms with E-state index in [0.717, 1.165) is 37.2 Å². The SMILES string of the molecule is CCc1ccc(C(=O)CN2CCCc3ccccc3C2)s1. The van der Waals surface area contributed by atoms with Gasteiger partial charge in [-0.1, -0.05) is 31.2 Å². The number of carbonyl (C=O) groups is 1. The lowest BCUT2D eigenvalue weighted by atomic mass is 10.0. The highest BCUT2D eigenvalue weighted by molar-refractivity contribution is 7.14. The zero-order chi connectivity index (χ0) is 14.7. The zero-order valence-corrected chi connectivity index (χ0v) is 13.3. The van der Waals surface area contributed by atoms with Crippen molar-refractivity contribution >= 4 is 17.1 Å². The van der Waals surface area contributed by atoms with Crippen molar-refractivity contribution in [2.24, 2.45) is 0 Å². The van der Waals surface area contributed by atoms with E-state index in [9.17, 15) is 4.79 Å². The van der Waals surface area contributed by atoms with E-state index in [1.165, 1.54) is 16.0 Å². The Morgan fingerprint density at radius 3 is 2.76 bits per heavy atom. The summed E-state index contributed by atoms with van der Waals surface area (Å²) in [6.45, 7) is 4.57. The molecule has 3 rings (SSSR count). The Bertz CT molecular complexity index is 632. The Morgan fingerprint density at radius 2 is 2.00 bits per heavy atom. The molecule has 0 saturated heterocycles. The lowest BCUT2D eigenvalue weighted by Gasteiger charge is -2.19. The number of thiophene rings is 1. The fourth-order valence-electron chi connectivity index (χ4n) is 2.90. The molecule has 0 saturated carbocycles. The van der Waals surface area contributed by atoms with Crippen molar-refractivity contribution in [2.75, 3.05) is 13.1 Å². The number of benzene rings is 1. The molecule has 0 N–H and O–H groups in total. The first kappa shape index (κ1) is 14.5. The van der Waals surface area contributed by atoms with Crippen LogP contribution in [0.1, 0.15) is 39.0 Å². The molecule has 0 atom stereocenters. The maximum atomic E-state index is 12.4. The summed E-state index contributed by atoms with van der Waals surface area (Å²) in [6.07, 6.45) is 3.27. The van der Waals surface area contributed by atoms with Gasteiger partial charge in [-0.25, -0.2) is 0 Å². The number of rotatable bonds is 4. The summed E-state index contributed by atoms with van der Waals surface area (Å²) in [5.74, 6) is 0.263. The average molecular weight is 299 g/mol. The summed E-state index contributed by atoms with van der Waals surface area (Å²) >= 11 is 1.64. The molecular weight excluding hydrogens is 278 g/mol. The number of hydrogen-bond donors (Lipinski definition) is 0. The molecular formula is C18H21NOS. The van der Waals surface area contributed by atoms with Crippen LogP contribution in [-0.2, 0) is 19.4 Å². The number of hydrogen-bond acceptors (Lipinski definition) is 3. The van der Waals surface area contributed by atoms with Gasteiger partial charge in [0, 0.05) is 11.4 Å². The van der Waals surface area contributed by atoms with E-state index in [2.05, 4.69) is 42.2 Å². The predicted octanol–water partition coefficient (Wildman–Crippen LogP) is 3.94. The minimum absolute atomic E-state index is 0.263. The summed E-state index contributed by atoms with van der Waals surface area (Å²) in [4.78, 5) is 16.9. The summed E-state index contributed by atoms with van der Waals surface area (Å²) < 4.78 is 0. The van der Waals surface area contributed by atoms with Crippen LogP contribution in [0.5, 0.6) is 0 Å². The van der Waals surface area contributed by atoms with Crippen LogP contribution in [0.3, 0.4) is 0 Å². The minimum atomic E-state index is 0.263. The molecule has 1 aliphatic rings. The van der Waals surface area contributed by atoms with Gasteiger partial charge in [-0.05, 0) is 49.1 Å². The van der Waals surface area contributed by atoms with E-state index >= 15 is 0 Å². The molecule has 21 heavy (non-hydrogen) atoms. The molecule has 1 aromatic heterocycles. The van der Waals surface area contributed by atoms with E-state index in [-0.39, 0.29) is 5.78 Å². The Hall–Kier alpha value is -1.45. The average Bonchev–Trinajstić information content (AvgIpc) is 2.89. The highest BCUT2D eigenvalue weighted by Crippen LogP contribution is 2.21. The Labute approximate surface area is 130 Å². The standard InChI is InChI=1S/C18H21NOS/c1-2-16-9-10-18(21-16)17(20)13-19-11-5-8-14-6-3-4-7-15(14)12-19/h3-4,6-7,9-10H,2,5,8,11-13H2,1H3. The van der Waals surface area contributed by atoms with Gasteiger partial charge >= 0.3 is 0 Å². The molecule has 110 valence electrons. The highest BCUT2D eigenvalue weighted by atomic mass is 32.1. The van der Waals surface area contributed by atoms with Crippen molar-refractivity contribution in [2.45, 2.75) is 32.7 Å². The van der Waals surface area contributed by atoms with E-state index in [0.29, 0.717) is 6.54 Å². The molecule has 2 nitrogen and oxygen atoms in total. The van der Waals surface area contributed by atoms with Crippen LogP contribution in [0.4, 0.5) is 0 Å². The van der Waals surface area contributed by atoms with Crippen molar-refractivity contribution in [3.8, 4) is 0 Å². The van der Waals surface area contributed by atoms with Crippen molar-refractivity contribution in [1.82, 2.24) is 4.90 Å². The fourth-order valence-corrected chi connectivity index (χ4v) is 3.78. The summed E-state index contributed by atoms with van der Waals surface area (Å²) in [5.41, 5.74) is 2.82. The minimum Gasteiger partial charge on any atom is -0.292 e. The maximum absolute atomic E-state index is 12.4. The van der Waals surface area contributed by atoms with E-state index in [1.54, 1.807) is 11.3 Å². The van der Waals surface area contributed by atoms with Crippen LogP contribution < -0.4 is 0 Å². The lowest BCUT2D eigenvalue weighted by Crippen LogP contribution is -2.29. The number of carbonyl (C=O) groups excluding carboxylic acids is 1. The highest BCUT2D eigenvalue weighted by Gasteiger charge is 2.18. The molecule has 1 aromatic carbocycles. The third-order valence-corrected chi connectivity index (χ3v) is 5.36. The van der Waals surface area contributed by atoms with E-state index in [4.69, 9.17) is 0 Å². The first-order chi connectivity index (χ1) is 10.3. The molecule has 0 amide bonds. The van der Waals surface area contributed by atoms with E-state index < -0.39 is 0 Å². The van der Waals surface area contributed by atoms with Gasteiger partial charge in [0.15, 0.2) is 5.78 Å². The second kappa shape index (κ2) is 6.54. The van der Waals surface area contributed by atoms with Crippen molar-refractivity contribution in [1.29, 1.82) is 0 Å². The smallest absolute Gasteiger partial charge is 0.186 e. The molecule has 0 bridgehead atoms. The molecule has 0 unspecified atom stereocenters. The topological polar surface area (TPSA) is 20.3 Å². The second-order valence-corrected chi connectivity index (χ2v) is 6.79. The third-order valence-electron chi connectivity index (χ3n) is 4.08.